The predicted octanol–water partition coefficient (Wildman–Crippen LogP) is 1.78. The van der Waals surface area contributed by atoms with Gasteiger partial charge in [-0.1, -0.05) is 0 Å². The molecule has 14 heavy (non-hydrogen) atoms. The SMILES string of the molecule is COP(=O)(OC)O/C(C)=C(/C)C(=O)O. The molecule has 0 amide bonds. The molecule has 0 aliphatic carbocycles. The van der Waals surface area contributed by atoms with Crippen LogP contribution in [0.2, 0.25) is 0 Å². The Balaban J connectivity index is 4.76. The molecule has 0 rings (SSSR count). The molecule has 1 N–H and O–H groups in total. The first-order valence-electron chi connectivity index (χ1n) is 3.68. The van der Waals surface area contributed by atoms with E-state index in [1.54, 1.807) is 0 Å². The first kappa shape index (κ1) is 13.2. The zero-order valence-corrected chi connectivity index (χ0v) is 9.33. The number of carboxylic acids is 1. The van der Waals surface area contributed by atoms with Gasteiger partial charge in [-0.15, -0.1) is 0 Å². The Labute approximate surface area is 82.1 Å². The largest absolute Gasteiger partial charge is 0.529 e. The third kappa shape index (κ3) is 3.49. The van der Waals surface area contributed by atoms with Crippen LogP contribution in [0.25, 0.3) is 0 Å². The summed E-state index contributed by atoms with van der Waals surface area (Å²) >= 11 is 0. The quantitative estimate of drug-likeness (QED) is 0.435. The smallest absolute Gasteiger partial charge is 0.478 e. The zero-order valence-electron chi connectivity index (χ0n) is 8.44. The van der Waals surface area contributed by atoms with Crippen molar-refractivity contribution in [1.29, 1.82) is 0 Å². The number of phosphoric ester groups is 1. The normalized spacial score (nSPS) is 13.4. The van der Waals surface area contributed by atoms with Crippen molar-refractivity contribution in [2.45, 2.75) is 13.8 Å². The summed E-state index contributed by atoms with van der Waals surface area (Å²) in [6.07, 6.45) is 0. The van der Waals surface area contributed by atoms with E-state index in [1.165, 1.54) is 13.8 Å². The monoisotopic (exact) mass is 224 g/mol. The second-order valence-electron chi connectivity index (χ2n) is 2.39. The number of phosphoric acid groups is 1. The van der Waals surface area contributed by atoms with E-state index in [1.807, 2.05) is 0 Å². The molecule has 7 heteroatoms. The molecular weight excluding hydrogens is 211 g/mol. The lowest BCUT2D eigenvalue weighted by molar-refractivity contribution is -0.132. The lowest BCUT2D eigenvalue weighted by Crippen LogP contribution is -2.02. The number of aliphatic carboxylic acids is 1. The minimum Gasteiger partial charge on any atom is -0.478 e. The minimum absolute atomic E-state index is 0.00969. The van der Waals surface area contributed by atoms with E-state index in [4.69, 9.17) is 9.63 Å². The molecule has 0 aromatic carbocycles. The van der Waals surface area contributed by atoms with Gasteiger partial charge in [0.1, 0.15) is 5.76 Å². The van der Waals surface area contributed by atoms with Crippen LogP contribution in [-0.4, -0.2) is 25.3 Å². The van der Waals surface area contributed by atoms with Crippen LogP contribution in [0.5, 0.6) is 0 Å². The van der Waals surface area contributed by atoms with E-state index in [0.29, 0.717) is 0 Å². The van der Waals surface area contributed by atoms with E-state index in [-0.39, 0.29) is 11.3 Å². The van der Waals surface area contributed by atoms with Crippen molar-refractivity contribution in [3.05, 3.63) is 11.3 Å². The average Bonchev–Trinajstić information content (AvgIpc) is 2.16. The minimum atomic E-state index is -3.65. The molecule has 0 aromatic rings. The number of hydrogen-bond donors (Lipinski definition) is 1. The van der Waals surface area contributed by atoms with Crippen molar-refractivity contribution >= 4 is 13.8 Å². The Bertz CT molecular complexity index is 287. The van der Waals surface area contributed by atoms with Crippen molar-refractivity contribution in [2.24, 2.45) is 0 Å². The van der Waals surface area contributed by atoms with Gasteiger partial charge in [-0.25, -0.2) is 9.36 Å². The first-order valence-corrected chi connectivity index (χ1v) is 5.14. The molecule has 0 saturated heterocycles. The molecule has 0 saturated carbocycles. The first-order chi connectivity index (χ1) is 6.36. The number of carboxylic acid groups (broad SMARTS) is 1. The molecule has 0 unspecified atom stereocenters. The molecular formula is C7H13O6P. The van der Waals surface area contributed by atoms with Crippen LogP contribution in [0.1, 0.15) is 13.8 Å². The predicted molar refractivity (Wildman–Crippen MR) is 48.7 cm³/mol. The summed E-state index contributed by atoms with van der Waals surface area (Å²) in [7, 11) is -1.36. The van der Waals surface area contributed by atoms with Crippen LogP contribution in [0.4, 0.5) is 0 Å². The highest BCUT2D eigenvalue weighted by Crippen LogP contribution is 2.49. The van der Waals surface area contributed by atoms with Crippen LogP contribution in [-0.2, 0) is 22.9 Å². The van der Waals surface area contributed by atoms with Gasteiger partial charge in [-0.2, -0.15) is 0 Å². The second-order valence-corrected chi connectivity index (χ2v) is 4.20. The number of hydrogen-bond acceptors (Lipinski definition) is 5. The van der Waals surface area contributed by atoms with Crippen LogP contribution in [0, 0.1) is 0 Å². The fourth-order valence-electron chi connectivity index (χ4n) is 0.536. The molecule has 0 bridgehead atoms. The maximum absolute atomic E-state index is 11.4. The van der Waals surface area contributed by atoms with Gasteiger partial charge in [-0.3, -0.25) is 9.05 Å². The third-order valence-corrected chi connectivity index (χ3v) is 2.94. The van der Waals surface area contributed by atoms with E-state index in [2.05, 4.69) is 9.05 Å². The zero-order chi connectivity index (χ0) is 11.4. The number of allylic oxidation sites excluding steroid dienone is 1. The molecule has 0 aromatic heterocycles. The molecule has 6 nitrogen and oxygen atoms in total. The summed E-state index contributed by atoms with van der Waals surface area (Å²) in [5.41, 5.74) is -0.0562. The van der Waals surface area contributed by atoms with E-state index in [9.17, 15) is 9.36 Å². The Morgan fingerprint density at radius 2 is 1.64 bits per heavy atom. The lowest BCUT2D eigenvalue weighted by atomic mass is 10.3. The van der Waals surface area contributed by atoms with Crippen LogP contribution < -0.4 is 0 Å². The molecule has 0 heterocycles. The molecule has 0 aliphatic rings. The van der Waals surface area contributed by atoms with Gasteiger partial charge in [0, 0.05) is 14.2 Å². The van der Waals surface area contributed by atoms with Gasteiger partial charge in [0.25, 0.3) is 0 Å². The highest BCUT2D eigenvalue weighted by molar-refractivity contribution is 7.48. The fraction of sp³-hybridized carbons (Fsp3) is 0.571. The van der Waals surface area contributed by atoms with Crippen LogP contribution in [0.15, 0.2) is 11.3 Å². The standard InChI is InChI=1S/C7H13O6P/c1-5(7(8)9)6(2)13-14(10,11-3)12-4/h1-4H3,(H,8,9)/b6-5-. The lowest BCUT2D eigenvalue weighted by Gasteiger charge is -2.15. The maximum atomic E-state index is 11.4. The summed E-state index contributed by atoms with van der Waals surface area (Å²) in [5.74, 6) is -1.16. The third-order valence-electron chi connectivity index (χ3n) is 1.54. The van der Waals surface area contributed by atoms with Gasteiger partial charge < -0.3 is 9.63 Å². The van der Waals surface area contributed by atoms with Crippen LogP contribution in [0.3, 0.4) is 0 Å². The van der Waals surface area contributed by atoms with Crippen molar-refractivity contribution in [3.8, 4) is 0 Å². The van der Waals surface area contributed by atoms with Gasteiger partial charge in [-0.05, 0) is 13.8 Å². The maximum Gasteiger partial charge on any atom is 0.529 e. The molecule has 0 radical (unpaired) electrons. The summed E-state index contributed by atoms with van der Waals surface area (Å²) in [6.45, 7) is 2.70. The van der Waals surface area contributed by atoms with Gasteiger partial charge in [0.2, 0.25) is 0 Å². The number of rotatable bonds is 5. The van der Waals surface area contributed by atoms with E-state index in [0.717, 1.165) is 14.2 Å². The molecule has 0 spiro atoms. The van der Waals surface area contributed by atoms with Gasteiger partial charge >= 0.3 is 13.8 Å². The van der Waals surface area contributed by atoms with Crippen molar-refractivity contribution in [3.63, 3.8) is 0 Å². The summed E-state index contributed by atoms with van der Waals surface area (Å²) in [6, 6.07) is 0. The van der Waals surface area contributed by atoms with E-state index >= 15 is 0 Å². The van der Waals surface area contributed by atoms with Crippen molar-refractivity contribution < 1.29 is 28.0 Å². The average molecular weight is 224 g/mol. The van der Waals surface area contributed by atoms with Crippen LogP contribution >= 0.6 is 7.82 Å². The topological polar surface area (TPSA) is 82.1 Å². The van der Waals surface area contributed by atoms with Gasteiger partial charge in [0.05, 0.1) is 5.57 Å². The fourth-order valence-corrected chi connectivity index (χ4v) is 1.31. The Hall–Kier alpha value is -0.840. The molecule has 0 fully saturated rings. The second kappa shape index (κ2) is 5.14. The van der Waals surface area contributed by atoms with Gasteiger partial charge in [0.15, 0.2) is 0 Å². The summed E-state index contributed by atoms with van der Waals surface area (Å²) < 4.78 is 25.1. The highest BCUT2D eigenvalue weighted by atomic mass is 31.2. The molecule has 0 aliphatic heterocycles. The summed E-state index contributed by atoms with van der Waals surface area (Å²) in [5, 5.41) is 8.59. The Morgan fingerprint density at radius 3 is 1.93 bits per heavy atom. The van der Waals surface area contributed by atoms with Crippen molar-refractivity contribution in [2.75, 3.05) is 14.2 Å². The Morgan fingerprint density at radius 1 is 1.21 bits per heavy atom. The molecule has 0 atom stereocenters. The number of carbonyl (C=O) groups is 1. The van der Waals surface area contributed by atoms with Crippen molar-refractivity contribution in [1.82, 2.24) is 0 Å². The Kier molecular flexibility index (Phi) is 4.83. The van der Waals surface area contributed by atoms with E-state index < -0.39 is 13.8 Å². The summed E-state index contributed by atoms with van der Waals surface area (Å²) in [4.78, 5) is 10.5. The molecule has 82 valence electrons. The highest BCUT2D eigenvalue weighted by Gasteiger charge is 2.25.